The molecule has 0 saturated carbocycles. The third-order valence-corrected chi connectivity index (χ3v) is 3.89. The molecule has 104 valence electrons. The van der Waals surface area contributed by atoms with Crippen LogP contribution in [0.15, 0.2) is 0 Å². The van der Waals surface area contributed by atoms with Gasteiger partial charge in [0.1, 0.15) is 5.82 Å². The summed E-state index contributed by atoms with van der Waals surface area (Å²) in [6.07, 6.45) is 2.16. The van der Waals surface area contributed by atoms with Crippen LogP contribution in [0, 0.1) is 0 Å². The average molecular weight is 262 g/mol. The molecular weight excluding hydrogens is 240 g/mol. The van der Waals surface area contributed by atoms with E-state index in [9.17, 15) is 0 Å². The van der Waals surface area contributed by atoms with Crippen LogP contribution in [0.1, 0.15) is 17.7 Å². The third kappa shape index (κ3) is 2.64. The summed E-state index contributed by atoms with van der Waals surface area (Å²) in [6.45, 7) is 4.10. The van der Waals surface area contributed by atoms with Crippen molar-refractivity contribution in [1.29, 1.82) is 0 Å². The maximum absolute atomic E-state index is 4.60. The molecule has 1 atom stereocenters. The molecule has 0 amide bonds. The first-order valence-electron chi connectivity index (χ1n) is 6.99. The summed E-state index contributed by atoms with van der Waals surface area (Å²) < 4.78 is 0. The number of fused-ring (bicyclic) bond motifs is 1. The molecule has 1 unspecified atom stereocenters. The number of likely N-dealkylation sites (tertiary alicyclic amines) is 1. The third-order valence-electron chi connectivity index (χ3n) is 3.89. The number of likely N-dealkylation sites (N-methyl/N-ethyl adjacent to an activating group) is 1. The number of aromatic nitrogens is 2. The SMILES string of the molecule is CNc1nc2c(c(NC3CCN(C)C3)n1)CNCC2. The molecule has 2 aliphatic rings. The van der Waals surface area contributed by atoms with Gasteiger partial charge in [0, 0.05) is 44.7 Å². The quantitative estimate of drug-likeness (QED) is 0.727. The maximum atomic E-state index is 4.60. The van der Waals surface area contributed by atoms with E-state index >= 15 is 0 Å². The summed E-state index contributed by atoms with van der Waals surface area (Å²) >= 11 is 0. The van der Waals surface area contributed by atoms with Crippen LogP contribution < -0.4 is 16.0 Å². The Hall–Kier alpha value is -1.40. The first kappa shape index (κ1) is 12.6. The lowest BCUT2D eigenvalue weighted by atomic mass is 10.1. The Kier molecular flexibility index (Phi) is 3.52. The van der Waals surface area contributed by atoms with E-state index in [1.165, 1.54) is 17.7 Å². The molecule has 3 rings (SSSR count). The number of hydrogen-bond donors (Lipinski definition) is 3. The van der Waals surface area contributed by atoms with E-state index in [-0.39, 0.29) is 0 Å². The molecule has 6 nitrogen and oxygen atoms in total. The van der Waals surface area contributed by atoms with Crippen molar-refractivity contribution in [3.8, 4) is 0 Å². The lowest BCUT2D eigenvalue weighted by molar-refractivity contribution is 0.414. The summed E-state index contributed by atoms with van der Waals surface area (Å²) in [5.41, 5.74) is 2.41. The fraction of sp³-hybridized carbons (Fsp3) is 0.692. The van der Waals surface area contributed by atoms with Crippen molar-refractivity contribution < 1.29 is 0 Å². The van der Waals surface area contributed by atoms with E-state index < -0.39 is 0 Å². The van der Waals surface area contributed by atoms with E-state index in [4.69, 9.17) is 0 Å². The highest BCUT2D eigenvalue weighted by Gasteiger charge is 2.23. The molecule has 0 aliphatic carbocycles. The van der Waals surface area contributed by atoms with Crippen LogP contribution >= 0.6 is 0 Å². The molecule has 1 aromatic rings. The Morgan fingerprint density at radius 1 is 1.37 bits per heavy atom. The molecule has 1 aromatic heterocycles. The summed E-state index contributed by atoms with van der Waals surface area (Å²) in [5, 5.41) is 10.1. The highest BCUT2D eigenvalue weighted by molar-refractivity contribution is 5.52. The molecule has 0 aromatic carbocycles. The zero-order valence-electron chi connectivity index (χ0n) is 11.7. The molecule has 3 heterocycles. The van der Waals surface area contributed by atoms with Gasteiger partial charge in [-0.25, -0.2) is 4.98 Å². The van der Waals surface area contributed by atoms with E-state index in [1.807, 2.05) is 7.05 Å². The lowest BCUT2D eigenvalue weighted by Gasteiger charge is -2.22. The molecule has 0 bridgehead atoms. The number of nitrogens with zero attached hydrogens (tertiary/aromatic N) is 3. The second-order valence-electron chi connectivity index (χ2n) is 5.39. The number of anilines is 2. The maximum Gasteiger partial charge on any atom is 0.224 e. The smallest absolute Gasteiger partial charge is 0.224 e. The average Bonchev–Trinajstić information content (AvgIpc) is 2.84. The number of hydrogen-bond acceptors (Lipinski definition) is 6. The molecule has 2 aliphatic heterocycles. The van der Waals surface area contributed by atoms with Gasteiger partial charge in [0.2, 0.25) is 5.95 Å². The fourth-order valence-corrected chi connectivity index (χ4v) is 2.82. The normalized spacial score (nSPS) is 23.2. The predicted molar refractivity (Wildman–Crippen MR) is 76.5 cm³/mol. The van der Waals surface area contributed by atoms with Crippen LogP contribution in [0.2, 0.25) is 0 Å². The van der Waals surface area contributed by atoms with E-state index in [0.29, 0.717) is 6.04 Å². The molecular formula is C13H22N6. The number of rotatable bonds is 3. The van der Waals surface area contributed by atoms with Crippen LogP contribution in [-0.2, 0) is 13.0 Å². The Bertz CT molecular complexity index is 461. The van der Waals surface area contributed by atoms with Gasteiger partial charge < -0.3 is 20.9 Å². The van der Waals surface area contributed by atoms with Crippen LogP contribution in [0.3, 0.4) is 0 Å². The van der Waals surface area contributed by atoms with Crippen molar-refractivity contribution in [2.24, 2.45) is 0 Å². The Morgan fingerprint density at radius 3 is 3.00 bits per heavy atom. The van der Waals surface area contributed by atoms with Crippen molar-refractivity contribution in [3.05, 3.63) is 11.3 Å². The Labute approximate surface area is 114 Å². The minimum absolute atomic E-state index is 0.496. The molecule has 0 radical (unpaired) electrons. The van der Waals surface area contributed by atoms with Crippen LogP contribution in [0.25, 0.3) is 0 Å². The van der Waals surface area contributed by atoms with Gasteiger partial charge in [0.25, 0.3) is 0 Å². The van der Waals surface area contributed by atoms with Crippen molar-refractivity contribution in [2.45, 2.75) is 25.4 Å². The summed E-state index contributed by atoms with van der Waals surface area (Å²) in [6, 6.07) is 0.496. The molecule has 19 heavy (non-hydrogen) atoms. The summed E-state index contributed by atoms with van der Waals surface area (Å²) in [7, 11) is 4.04. The molecule has 6 heteroatoms. The Balaban J connectivity index is 1.86. The van der Waals surface area contributed by atoms with Crippen molar-refractivity contribution in [2.75, 3.05) is 44.4 Å². The van der Waals surface area contributed by atoms with Crippen molar-refractivity contribution >= 4 is 11.8 Å². The first-order valence-corrected chi connectivity index (χ1v) is 6.99. The van der Waals surface area contributed by atoms with Gasteiger partial charge >= 0.3 is 0 Å². The van der Waals surface area contributed by atoms with Gasteiger partial charge in [-0.3, -0.25) is 0 Å². The van der Waals surface area contributed by atoms with E-state index in [0.717, 1.165) is 44.4 Å². The van der Waals surface area contributed by atoms with Crippen molar-refractivity contribution in [3.63, 3.8) is 0 Å². The topological polar surface area (TPSA) is 65.1 Å². The van der Waals surface area contributed by atoms with E-state index in [1.54, 1.807) is 0 Å². The largest absolute Gasteiger partial charge is 0.366 e. The second-order valence-corrected chi connectivity index (χ2v) is 5.39. The standard InChI is InChI=1S/C13H22N6/c1-14-13-17-11-3-5-15-7-10(11)12(18-13)16-9-4-6-19(2)8-9/h9,15H,3-8H2,1-2H3,(H2,14,16,17,18). The van der Waals surface area contributed by atoms with Gasteiger partial charge in [0.05, 0.1) is 5.69 Å². The molecule has 1 saturated heterocycles. The van der Waals surface area contributed by atoms with Crippen LogP contribution in [0.4, 0.5) is 11.8 Å². The zero-order valence-corrected chi connectivity index (χ0v) is 11.7. The highest BCUT2D eigenvalue weighted by Crippen LogP contribution is 2.23. The zero-order chi connectivity index (χ0) is 13.2. The van der Waals surface area contributed by atoms with Gasteiger partial charge in [-0.1, -0.05) is 0 Å². The van der Waals surface area contributed by atoms with Gasteiger partial charge in [-0.15, -0.1) is 0 Å². The van der Waals surface area contributed by atoms with Gasteiger partial charge in [-0.2, -0.15) is 4.98 Å². The molecule has 1 fully saturated rings. The highest BCUT2D eigenvalue weighted by atomic mass is 15.2. The minimum atomic E-state index is 0.496. The summed E-state index contributed by atoms with van der Waals surface area (Å²) in [4.78, 5) is 11.5. The van der Waals surface area contributed by atoms with Gasteiger partial charge in [0.15, 0.2) is 0 Å². The van der Waals surface area contributed by atoms with E-state index in [2.05, 4.69) is 37.9 Å². The Morgan fingerprint density at radius 2 is 2.26 bits per heavy atom. The predicted octanol–water partition coefficient (Wildman–Crippen LogP) is 0.280. The number of nitrogens with one attached hydrogen (secondary N) is 3. The molecule has 0 spiro atoms. The molecule has 3 N–H and O–H groups in total. The monoisotopic (exact) mass is 262 g/mol. The lowest BCUT2D eigenvalue weighted by Crippen LogP contribution is -2.30. The minimum Gasteiger partial charge on any atom is -0.366 e. The fourth-order valence-electron chi connectivity index (χ4n) is 2.82. The van der Waals surface area contributed by atoms with Gasteiger partial charge in [-0.05, 0) is 20.0 Å². The van der Waals surface area contributed by atoms with Crippen molar-refractivity contribution in [1.82, 2.24) is 20.2 Å². The summed E-state index contributed by atoms with van der Waals surface area (Å²) in [5.74, 6) is 1.72. The van der Waals surface area contributed by atoms with Crippen LogP contribution in [0.5, 0.6) is 0 Å². The van der Waals surface area contributed by atoms with Crippen LogP contribution in [-0.4, -0.2) is 54.6 Å². The first-order chi connectivity index (χ1) is 9.26. The second kappa shape index (κ2) is 5.30.